The fourth-order valence-electron chi connectivity index (χ4n) is 2.10. The molecule has 0 aliphatic rings. The van der Waals surface area contributed by atoms with Gasteiger partial charge in [0.05, 0.1) is 17.3 Å². The molecule has 1 amide bonds. The van der Waals surface area contributed by atoms with Crippen LogP contribution >= 0.6 is 11.5 Å². The van der Waals surface area contributed by atoms with E-state index in [4.69, 9.17) is 0 Å². The van der Waals surface area contributed by atoms with E-state index >= 15 is 0 Å². The number of alkyl halides is 2. The number of carbonyl (C=O) groups is 1. The Morgan fingerprint density at radius 3 is 2.52 bits per heavy atom. The molecule has 2 N–H and O–H groups in total. The molecule has 23 heavy (non-hydrogen) atoms. The van der Waals surface area contributed by atoms with E-state index in [2.05, 4.69) is 19.7 Å². The average molecular weight is 341 g/mol. The molecule has 1 aromatic carbocycles. The molecule has 124 valence electrons. The maximum atomic E-state index is 12.4. The number of amides is 1. The molecule has 0 fully saturated rings. The molecule has 2 aromatic rings. The Balaban J connectivity index is 2.07. The molecule has 0 spiro atoms. The number of benzene rings is 1. The zero-order valence-corrected chi connectivity index (χ0v) is 13.7. The van der Waals surface area contributed by atoms with Gasteiger partial charge in [-0.1, -0.05) is 12.1 Å². The van der Waals surface area contributed by atoms with Crippen LogP contribution in [-0.2, 0) is 0 Å². The Labute approximate surface area is 136 Å². The van der Waals surface area contributed by atoms with Gasteiger partial charge >= 0.3 is 6.61 Å². The fourth-order valence-corrected chi connectivity index (χ4v) is 2.84. The molecule has 2 rings (SSSR count). The lowest BCUT2D eigenvalue weighted by Gasteiger charge is -2.15. The zero-order valence-electron chi connectivity index (χ0n) is 12.9. The largest absolute Gasteiger partial charge is 0.435 e. The van der Waals surface area contributed by atoms with E-state index in [0.717, 1.165) is 5.56 Å². The number of nitrogens with zero attached hydrogens (tertiary/aromatic N) is 1. The maximum Gasteiger partial charge on any atom is 0.387 e. The molecule has 1 atom stereocenters. The minimum absolute atomic E-state index is 0.0811. The van der Waals surface area contributed by atoms with Crippen LogP contribution < -0.4 is 15.4 Å². The highest BCUT2D eigenvalue weighted by atomic mass is 32.1. The highest BCUT2D eigenvalue weighted by Gasteiger charge is 2.19. The van der Waals surface area contributed by atoms with Gasteiger partial charge in [-0.05, 0) is 43.1 Å². The molecule has 1 aromatic heterocycles. The van der Waals surface area contributed by atoms with Crippen molar-refractivity contribution in [1.29, 1.82) is 0 Å². The minimum atomic E-state index is -2.85. The number of hydrogen-bond donors (Lipinski definition) is 2. The van der Waals surface area contributed by atoms with Crippen molar-refractivity contribution in [2.24, 2.45) is 0 Å². The number of ether oxygens (including phenoxy) is 1. The number of aromatic nitrogens is 1. The molecule has 0 radical (unpaired) electrons. The van der Waals surface area contributed by atoms with Crippen molar-refractivity contribution in [3.63, 3.8) is 0 Å². The number of carbonyl (C=O) groups excluding carboxylic acids is 1. The van der Waals surface area contributed by atoms with Gasteiger partial charge in [-0.3, -0.25) is 4.79 Å². The van der Waals surface area contributed by atoms with Crippen molar-refractivity contribution in [2.75, 3.05) is 12.4 Å². The monoisotopic (exact) mass is 341 g/mol. The highest BCUT2D eigenvalue weighted by Crippen LogP contribution is 2.25. The lowest BCUT2D eigenvalue weighted by molar-refractivity contribution is -0.0498. The summed E-state index contributed by atoms with van der Waals surface area (Å²) in [6, 6.07) is 5.88. The normalized spacial score (nSPS) is 12.1. The first-order chi connectivity index (χ1) is 10.9. The van der Waals surface area contributed by atoms with Gasteiger partial charge in [0, 0.05) is 7.05 Å². The summed E-state index contributed by atoms with van der Waals surface area (Å²) in [5.74, 6) is -0.154. The van der Waals surface area contributed by atoms with Gasteiger partial charge in [-0.15, -0.1) is 0 Å². The Morgan fingerprint density at radius 1 is 1.30 bits per heavy atom. The molecule has 8 heteroatoms. The predicted octanol–water partition coefficient (Wildman–Crippen LogP) is 3.59. The molecule has 0 aliphatic carbocycles. The van der Waals surface area contributed by atoms with Crippen LogP contribution in [0.5, 0.6) is 5.75 Å². The molecule has 0 bridgehead atoms. The van der Waals surface area contributed by atoms with Gasteiger partial charge in [0.1, 0.15) is 10.8 Å². The summed E-state index contributed by atoms with van der Waals surface area (Å²) in [4.78, 5) is 12.4. The molecule has 1 heterocycles. The van der Waals surface area contributed by atoms with Crippen molar-refractivity contribution in [1.82, 2.24) is 9.69 Å². The van der Waals surface area contributed by atoms with E-state index in [9.17, 15) is 13.6 Å². The van der Waals surface area contributed by atoms with Crippen molar-refractivity contribution in [2.45, 2.75) is 26.5 Å². The number of rotatable bonds is 6. The van der Waals surface area contributed by atoms with Crippen LogP contribution in [0, 0.1) is 6.92 Å². The summed E-state index contributed by atoms with van der Waals surface area (Å²) in [7, 11) is 1.73. The first-order valence-corrected chi connectivity index (χ1v) is 7.69. The first-order valence-electron chi connectivity index (χ1n) is 6.92. The molecule has 0 saturated carbocycles. The number of aryl methyl sites for hydroxylation is 1. The molecule has 0 saturated heterocycles. The lowest BCUT2D eigenvalue weighted by atomic mass is 10.1. The molecular weight excluding hydrogens is 324 g/mol. The van der Waals surface area contributed by atoms with E-state index in [1.165, 1.54) is 23.7 Å². The average Bonchev–Trinajstić information content (AvgIpc) is 2.88. The van der Waals surface area contributed by atoms with Gasteiger partial charge in [-0.25, -0.2) is 0 Å². The van der Waals surface area contributed by atoms with Crippen LogP contribution in [0.2, 0.25) is 0 Å². The second-order valence-corrected chi connectivity index (χ2v) is 5.64. The standard InChI is InChI=1S/C15H17F2N3O2S/c1-8(10-4-6-11(7-5-10)22-15(16)17)19-13(21)12-9(2)20-23-14(12)18-3/h4-8,15,18H,1-3H3,(H,19,21)/t8-/m0/s1. The van der Waals surface area contributed by atoms with E-state index in [-0.39, 0.29) is 17.7 Å². The summed E-state index contributed by atoms with van der Waals surface area (Å²) >= 11 is 1.23. The third-order valence-electron chi connectivity index (χ3n) is 3.27. The van der Waals surface area contributed by atoms with E-state index in [1.54, 1.807) is 26.1 Å². The summed E-state index contributed by atoms with van der Waals surface area (Å²) in [6.45, 7) is 0.731. The summed E-state index contributed by atoms with van der Waals surface area (Å²) in [5.41, 5.74) is 1.96. The number of hydrogen-bond acceptors (Lipinski definition) is 5. The predicted molar refractivity (Wildman–Crippen MR) is 85.4 cm³/mol. The fraction of sp³-hybridized carbons (Fsp3) is 0.333. The number of halogens is 2. The van der Waals surface area contributed by atoms with Crippen molar-refractivity contribution in [3.8, 4) is 5.75 Å². The summed E-state index contributed by atoms with van der Waals surface area (Å²) < 4.78 is 32.7. The third kappa shape index (κ3) is 4.16. The third-order valence-corrected chi connectivity index (χ3v) is 4.23. The van der Waals surface area contributed by atoms with Gasteiger partial charge < -0.3 is 15.4 Å². The van der Waals surface area contributed by atoms with E-state index in [0.29, 0.717) is 16.3 Å². The first kappa shape index (κ1) is 17.1. The Morgan fingerprint density at radius 2 is 1.96 bits per heavy atom. The minimum Gasteiger partial charge on any atom is -0.435 e. The highest BCUT2D eigenvalue weighted by molar-refractivity contribution is 7.10. The van der Waals surface area contributed by atoms with Gasteiger partial charge in [0.2, 0.25) is 0 Å². The molecular formula is C15H17F2N3O2S. The van der Waals surface area contributed by atoms with Crippen molar-refractivity contribution in [3.05, 3.63) is 41.1 Å². The van der Waals surface area contributed by atoms with Crippen LogP contribution in [0.1, 0.15) is 34.6 Å². The SMILES string of the molecule is CNc1snc(C)c1C(=O)N[C@@H](C)c1ccc(OC(F)F)cc1. The Hall–Kier alpha value is -2.22. The summed E-state index contributed by atoms with van der Waals surface area (Å²) in [5, 5.41) is 6.52. The van der Waals surface area contributed by atoms with Crippen molar-refractivity contribution < 1.29 is 18.3 Å². The van der Waals surface area contributed by atoms with Crippen molar-refractivity contribution >= 4 is 22.4 Å². The van der Waals surface area contributed by atoms with Crippen LogP contribution in [0.15, 0.2) is 24.3 Å². The number of nitrogens with one attached hydrogen (secondary N) is 2. The quantitative estimate of drug-likeness (QED) is 0.843. The second-order valence-electron chi connectivity index (χ2n) is 4.86. The molecule has 5 nitrogen and oxygen atoms in total. The Bertz CT molecular complexity index is 674. The lowest BCUT2D eigenvalue weighted by Crippen LogP contribution is -2.27. The summed E-state index contributed by atoms with van der Waals surface area (Å²) in [6.07, 6.45) is 0. The smallest absolute Gasteiger partial charge is 0.387 e. The Kier molecular flexibility index (Phi) is 5.49. The van der Waals surface area contributed by atoms with E-state index in [1.807, 2.05) is 6.92 Å². The van der Waals surface area contributed by atoms with Crippen LogP contribution in [-0.4, -0.2) is 23.9 Å². The zero-order chi connectivity index (χ0) is 17.0. The van der Waals surface area contributed by atoms with Gasteiger partial charge in [-0.2, -0.15) is 13.2 Å². The second kappa shape index (κ2) is 7.36. The van der Waals surface area contributed by atoms with Gasteiger partial charge in [0.15, 0.2) is 0 Å². The van der Waals surface area contributed by atoms with Gasteiger partial charge in [0.25, 0.3) is 5.91 Å². The van der Waals surface area contributed by atoms with Crippen LogP contribution in [0.4, 0.5) is 13.8 Å². The molecule has 0 aliphatic heterocycles. The maximum absolute atomic E-state index is 12.4. The number of anilines is 1. The van der Waals surface area contributed by atoms with Crippen LogP contribution in [0.25, 0.3) is 0 Å². The van der Waals surface area contributed by atoms with E-state index < -0.39 is 6.61 Å². The topological polar surface area (TPSA) is 63.2 Å². The molecule has 0 unspecified atom stereocenters. The van der Waals surface area contributed by atoms with Crippen LogP contribution in [0.3, 0.4) is 0 Å².